The molecule has 0 saturated carbocycles. The van der Waals surface area contributed by atoms with Gasteiger partial charge in [0.25, 0.3) is 5.91 Å². The lowest BCUT2D eigenvalue weighted by atomic mass is 10.0. The number of hydrogen-bond donors (Lipinski definition) is 1. The lowest BCUT2D eigenvalue weighted by Gasteiger charge is -2.27. The summed E-state index contributed by atoms with van der Waals surface area (Å²) < 4.78 is 12.3. The van der Waals surface area contributed by atoms with E-state index in [0.717, 1.165) is 22.2 Å². The molecule has 2 aromatic rings. The molecule has 2 aromatic carbocycles. The van der Waals surface area contributed by atoms with Crippen molar-refractivity contribution >= 4 is 21.8 Å². The Morgan fingerprint density at radius 3 is 2.78 bits per heavy atom. The predicted molar refractivity (Wildman–Crippen MR) is 91.7 cm³/mol. The number of amides is 1. The number of halogens is 1. The fourth-order valence-electron chi connectivity index (χ4n) is 2.55. The van der Waals surface area contributed by atoms with Crippen LogP contribution in [0.25, 0.3) is 0 Å². The maximum Gasteiger partial charge on any atom is 0.261 e. The average molecular weight is 376 g/mol. The largest absolute Gasteiger partial charge is 0.493 e. The molecule has 2 atom stereocenters. The zero-order chi connectivity index (χ0) is 16.2. The van der Waals surface area contributed by atoms with Gasteiger partial charge in [0.05, 0.1) is 12.6 Å². The summed E-state index contributed by atoms with van der Waals surface area (Å²) in [6.45, 7) is 2.35. The molecule has 3 rings (SSSR count). The van der Waals surface area contributed by atoms with Gasteiger partial charge in [-0.2, -0.15) is 0 Å². The Labute approximate surface area is 143 Å². The van der Waals surface area contributed by atoms with Crippen molar-refractivity contribution in [2.24, 2.45) is 0 Å². The Morgan fingerprint density at radius 1 is 1.26 bits per heavy atom. The third kappa shape index (κ3) is 3.85. The number of para-hydroxylation sites is 1. The normalized spacial score (nSPS) is 17.6. The lowest BCUT2D eigenvalue weighted by Crippen LogP contribution is -2.40. The quantitative estimate of drug-likeness (QED) is 0.882. The first-order valence-electron chi connectivity index (χ1n) is 7.58. The molecule has 0 radical (unpaired) electrons. The highest BCUT2D eigenvalue weighted by Crippen LogP contribution is 2.31. The van der Waals surface area contributed by atoms with Gasteiger partial charge in [0.1, 0.15) is 11.5 Å². The molecule has 1 heterocycles. The van der Waals surface area contributed by atoms with E-state index in [2.05, 4.69) is 21.2 Å². The van der Waals surface area contributed by atoms with E-state index in [4.69, 9.17) is 9.47 Å². The highest BCUT2D eigenvalue weighted by atomic mass is 79.9. The van der Waals surface area contributed by atoms with Crippen molar-refractivity contribution in [1.82, 2.24) is 5.32 Å². The first-order valence-corrected chi connectivity index (χ1v) is 8.37. The molecule has 0 saturated heterocycles. The molecule has 1 amide bonds. The Kier molecular flexibility index (Phi) is 4.86. The van der Waals surface area contributed by atoms with Gasteiger partial charge in [0.2, 0.25) is 0 Å². The summed E-state index contributed by atoms with van der Waals surface area (Å²) >= 11 is 3.38. The van der Waals surface area contributed by atoms with Crippen molar-refractivity contribution in [3.8, 4) is 11.5 Å². The van der Waals surface area contributed by atoms with Gasteiger partial charge < -0.3 is 14.8 Å². The second kappa shape index (κ2) is 7.04. The zero-order valence-electron chi connectivity index (χ0n) is 12.8. The number of hydrogen-bond acceptors (Lipinski definition) is 3. The van der Waals surface area contributed by atoms with Crippen molar-refractivity contribution in [3.63, 3.8) is 0 Å². The molecule has 0 bridgehead atoms. The van der Waals surface area contributed by atoms with E-state index in [1.807, 2.05) is 48.5 Å². The molecule has 1 N–H and O–H groups in total. The van der Waals surface area contributed by atoms with E-state index in [1.54, 1.807) is 6.92 Å². The highest BCUT2D eigenvalue weighted by Gasteiger charge is 2.25. The second-order valence-corrected chi connectivity index (χ2v) is 6.37. The summed E-state index contributed by atoms with van der Waals surface area (Å²) in [4.78, 5) is 12.4. The maximum absolute atomic E-state index is 12.4. The number of rotatable bonds is 4. The van der Waals surface area contributed by atoms with Crippen molar-refractivity contribution in [1.29, 1.82) is 0 Å². The first kappa shape index (κ1) is 15.9. The van der Waals surface area contributed by atoms with Crippen LogP contribution >= 0.6 is 15.9 Å². The molecule has 0 unspecified atom stereocenters. The minimum absolute atomic E-state index is 0.0385. The van der Waals surface area contributed by atoms with Gasteiger partial charge in [-0.3, -0.25) is 4.79 Å². The standard InChI is InChI=1S/C18H18BrNO3/c1-12(23-14-8-6-13(19)7-9-14)18(21)20-16-10-11-22-17-5-3-2-4-15(16)17/h2-9,12,16H,10-11H2,1H3,(H,20,21)/t12-,16-/m0/s1. The summed E-state index contributed by atoms with van der Waals surface area (Å²) in [6, 6.07) is 15.2. The summed E-state index contributed by atoms with van der Waals surface area (Å²) in [5.41, 5.74) is 1.02. The van der Waals surface area contributed by atoms with Gasteiger partial charge in [-0.15, -0.1) is 0 Å². The molecular formula is C18H18BrNO3. The van der Waals surface area contributed by atoms with Gasteiger partial charge in [-0.25, -0.2) is 0 Å². The molecular weight excluding hydrogens is 358 g/mol. The van der Waals surface area contributed by atoms with E-state index in [-0.39, 0.29) is 11.9 Å². The zero-order valence-corrected chi connectivity index (χ0v) is 14.4. The van der Waals surface area contributed by atoms with E-state index in [1.165, 1.54) is 0 Å². The Balaban J connectivity index is 1.64. The Bertz CT molecular complexity index is 687. The summed E-state index contributed by atoms with van der Waals surface area (Å²) in [5, 5.41) is 3.05. The highest BCUT2D eigenvalue weighted by molar-refractivity contribution is 9.10. The molecule has 23 heavy (non-hydrogen) atoms. The lowest BCUT2D eigenvalue weighted by molar-refractivity contribution is -0.128. The molecule has 1 aliphatic rings. The van der Waals surface area contributed by atoms with Crippen LogP contribution in [0.15, 0.2) is 53.0 Å². The van der Waals surface area contributed by atoms with Crippen LogP contribution in [0.1, 0.15) is 24.9 Å². The monoisotopic (exact) mass is 375 g/mol. The van der Waals surface area contributed by atoms with Gasteiger partial charge >= 0.3 is 0 Å². The maximum atomic E-state index is 12.4. The van der Waals surface area contributed by atoms with E-state index < -0.39 is 6.10 Å². The van der Waals surface area contributed by atoms with Crippen molar-refractivity contribution in [2.75, 3.05) is 6.61 Å². The fraction of sp³-hybridized carbons (Fsp3) is 0.278. The number of fused-ring (bicyclic) bond motifs is 1. The molecule has 1 aliphatic heterocycles. The van der Waals surface area contributed by atoms with Crippen LogP contribution in [0, 0.1) is 0 Å². The van der Waals surface area contributed by atoms with E-state index in [9.17, 15) is 4.79 Å². The minimum atomic E-state index is -0.564. The molecule has 0 aromatic heterocycles. The Morgan fingerprint density at radius 2 is 2.00 bits per heavy atom. The first-order chi connectivity index (χ1) is 11.1. The molecule has 0 spiro atoms. The minimum Gasteiger partial charge on any atom is -0.493 e. The summed E-state index contributed by atoms with van der Waals surface area (Å²) in [7, 11) is 0. The van der Waals surface area contributed by atoms with E-state index in [0.29, 0.717) is 12.4 Å². The average Bonchev–Trinajstić information content (AvgIpc) is 2.57. The SMILES string of the molecule is C[C@H](Oc1ccc(Br)cc1)C(=O)N[C@H]1CCOc2ccccc21. The van der Waals surface area contributed by atoms with Crippen LogP contribution in [0.4, 0.5) is 0 Å². The van der Waals surface area contributed by atoms with Crippen molar-refractivity contribution in [2.45, 2.75) is 25.5 Å². The molecule has 0 aliphatic carbocycles. The molecule has 4 nitrogen and oxygen atoms in total. The molecule has 120 valence electrons. The van der Waals surface area contributed by atoms with Crippen LogP contribution in [0.5, 0.6) is 11.5 Å². The van der Waals surface area contributed by atoms with Crippen molar-refractivity contribution in [3.05, 3.63) is 58.6 Å². The van der Waals surface area contributed by atoms with Crippen LogP contribution in [-0.2, 0) is 4.79 Å². The van der Waals surface area contributed by atoms with Crippen LogP contribution < -0.4 is 14.8 Å². The van der Waals surface area contributed by atoms with Gasteiger partial charge in [0, 0.05) is 16.5 Å². The Hall–Kier alpha value is -2.01. The summed E-state index contributed by atoms with van der Waals surface area (Å²) in [6.07, 6.45) is 0.194. The van der Waals surface area contributed by atoms with Gasteiger partial charge in [-0.1, -0.05) is 34.1 Å². The van der Waals surface area contributed by atoms with Crippen molar-refractivity contribution < 1.29 is 14.3 Å². The number of carbonyl (C=O) groups excluding carboxylic acids is 1. The topological polar surface area (TPSA) is 47.6 Å². The van der Waals surface area contributed by atoms with Gasteiger partial charge in [0.15, 0.2) is 6.10 Å². The number of carbonyl (C=O) groups is 1. The third-order valence-electron chi connectivity index (χ3n) is 3.77. The number of nitrogens with one attached hydrogen (secondary N) is 1. The van der Waals surface area contributed by atoms with E-state index >= 15 is 0 Å². The van der Waals surface area contributed by atoms with Crippen LogP contribution in [0.3, 0.4) is 0 Å². The number of ether oxygens (including phenoxy) is 2. The molecule has 0 fully saturated rings. The van der Waals surface area contributed by atoms with Crippen LogP contribution in [-0.4, -0.2) is 18.6 Å². The molecule has 5 heteroatoms. The second-order valence-electron chi connectivity index (χ2n) is 5.45. The number of benzene rings is 2. The smallest absolute Gasteiger partial charge is 0.261 e. The summed E-state index contributed by atoms with van der Waals surface area (Å²) in [5.74, 6) is 1.38. The third-order valence-corrected chi connectivity index (χ3v) is 4.30. The predicted octanol–water partition coefficient (Wildman–Crippen LogP) is 3.86. The van der Waals surface area contributed by atoms with Crippen LogP contribution in [0.2, 0.25) is 0 Å². The van der Waals surface area contributed by atoms with Gasteiger partial charge in [-0.05, 0) is 37.3 Å². The fourth-order valence-corrected chi connectivity index (χ4v) is 2.82.